The number of hydrogen-bond acceptors (Lipinski definition) is 4. The van der Waals surface area contributed by atoms with Crippen molar-refractivity contribution in [2.75, 3.05) is 0 Å². The Balaban J connectivity index is 2.11. The summed E-state index contributed by atoms with van der Waals surface area (Å²) in [5.74, 6) is 0.288. The largest absolute Gasteiger partial charge is 0.463 e. The first-order chi connectivity index (χ1) is 9.98. The van der Waals surface area contributed by atoms with Gasteiger partial charge in [0.15, 0.2) is 0 Å². The molecule has 0 saturated heterocycles. The van der Waals surface area contributed by atoms with Crippen LogP contribution in [0.5, 0.6) is 0 Å². The van der Waals surface area contributed by atoms with Crippen molar-refractivity contribution in [3.05, 3.63) is 44.6 Å². The van der Waals surface area contributed by atoms with Crippen LogP contribution < -0.4 is 5.32 Å². The van der Waals surface area contributed by atoms with E-state index in [2.05, 4.69) is 36.2 Å². The molecule has 0 spiro atoms. The minimum absolute atomic E-state index is 0.288. The molecule has 1 atom stereocenters. The molecule has 1 amide bonds. The van der Waals surface area contributed by atoms with Crippen molar-refractivity contribution in [3.8, 4) is 0 Å². The van der Waals surface area contributed by atoms with E-state index in [1.165, 1.54) is 6.33 Å². The molecule has 2 N–H and O–H groups in total. The van der Waals surface area contributed by atoms with Crippen LogP contribution in [0.4, 0.5) is 4.79 Å². The summed E-state index contributed by atoms with van der Waals surface area (Å²) < 4.78 is 0.996. The first-order valence-electron chi connectivity index (χ1n) is 6.11. The molecule has 8 heteroatoms. The van der Waals surface area contributed by atoms with Gasteiger partial charge in [-0.15, -0.1) is 11.3 Å². The van der Waals surface area contributed by atoms with E-state index in [1.54, 1.807) is 17.5 Å². The van der Waals surface area contributed by atoms with E-state index < -0.39 is 11.6 Å². The van der Waals surface area contributed by atoms with E-state index in [0.717, 1.165) is 15.0 Å². The van der Waals surface area contributed by atoms with E-state index >= 15 is 0 Å². The van der Waals surface area contributed by atoms with Gasteiger partial charge in [0.2, 0.25) is 0 Å². The quantitative estimate of drug-likeness (QED) is 0.809. The van der Waals surface area contributed by atoms with E-state index in [-0.39, 0.29) is 5.84 Å². The SMILES string of the molecule is CC1(c2cc(Br)cs2)Cc2ncncc2/C(=N/C(=O)O)N1. The predicted molar refractivity (Wildman–Crippen MR) is 82.8 cm³/mol. The van der Waals surface area contributed by atoms with Gasteiger partial charge in [-0.3, -0.25) is 0 Å². The molecule has 2 aromatic rings. The van der Waals surface area contributed by atoms with Crippen molar-refractivity contribution < 1.29 is 9.90 Å². The van der Waals surface area contributed by atoms with Gasteiger partial charge in [0, 0.05) is 27.3 Å². The lowest BCUT2D eigenvalue weighted by molar-refractivity contribution is 0.205. The minimum atomic E-state index is -1.25. The third-order valence-corrected chi connectivity index (χ3v) is 5.24. The fraction of sp³-hybridized carbons (Fsp3) is 0.231. The van der Waals surface area contributed by atoms with Crippen molar-refractivity contribution in [1.29, 1.82) is 0 Å². The van der Waals surface area contributed by atoms with Crippen LogP contribution in [0.3, 0.4) is 0 Å². The minimum Gasteiger partial charge on any atom is -0.463 e. The summed E-state index contributed by atoms with van der Waals surface area (Å²) >= 11 is 5.04. The van der Waals surface area contributed by atoms with Crippen molar-refractivity contribution in [2.45, 2.75) is 18.9 Å². The average molecular weight is 367 g/mol. The van der Waals surface area contributed by atoms with Crippen molar-refractivity contribution in [1.82, 2.24) is 15.3 Å². The second kappa shape index (κ2) is 5.19. The normalized spacial score (nSPS) is 22.7. The Morgan fingerprint density at radius 2 is 2.43 bits per heavy atom. The lowest BCUT2D eigenvalue weighted by atomic mass is 9.88. The molecule has 1 unspecified atom stereocenters. The molecule has 0 bridgehead atoms. The molecule has 0 aromatic carbocycles. The number of nitrogens with zero attached hydrogens (tertiary/aromatic N) is 3. The first-order valence-corrected chi connectivity index (χ1v) is 7.79. The average Bonchev–Trinajstić information content (AvgIpc) is 2.85. The molecule has 1 aliphatic heterocycles. The highest BCUT2D eigenvalue weighted by molar-refractivity contribution is 9.10. The van der Waals surface area contributed by atoms with Gasteiger partial charge in [-0.1, -0.05) is 0 Å². The van der Waals surface area contributed by atoms with Gasteiger partial charge < -0.3 is 10.4 Å². The van der Waals surface area contributed by atoms with E-state index in [9.17, 15) is 4.79 Å². The third-order valence-electron chi connectivity index (χ3n) is 3.28. The van der Waals surface area contributed by atoms with Gasteiger partial charge in [-0.2, -0.15) is 4.99 Å². The molecule has 3 heterocycles. The smallest absolute Gasteiger partial charge is 0.433 e. The molecule has 0 fully saturated rings. The number of hydrogen-bond donors (Lipinski definition) is 2. The molecule has 3 rings (SSSR count). The fourth-order valence-electron chi connectivity index (χ4n) is 2.34. The van der Waals surface area contributed by atoms with Crippen LogP contribution in [0.15, 0.2) is 33.4 Å². The van der Waals surface area contributed by atoms with Crippen LogP contribution in [-0.2, 0) is 12.0 Å². The van der Waals surface area contributed by atoms with Crippen molar-refractivity contribution >= 4 is 39.2 Å². The summed E-state index contributed by atoms with van der Waals surface area (Å²) in [6.07, 6.45) is 2.44. The molecule has 6 nitrogen and oxygen atoms in total. The Kier molecular flexibility index (Phi) is 3.50. The molecule has 1 aliphatic rings. The highest BCUT2D eigenvalue weighted by atomic mass is 79.9. The highest BCUT2D eigenvalue weighted by Gasteiger charge is 2.36. The molecular formula is C13H11BrN4O2S. The van der Waals surface area contributed by atoms with Gasteiger partial charge in [0.25, 0.3) is 0 Å². The number of carbonyl (C=O) groups is 1. The van der Waals surface area contributed by atoms with E-state index in [4.69, 9.17) is 5.11 Å². The molecule has 0 radical (unpaired) electrons. The van der Waals surface area contributed by atoms with Crippen LogP contribution in [0.1, 0.15) is 23.1 Å². The Labute approximate surface area is 133 Å². The maximum atomic E-state index is 11.0. The lowest BCUT2D eigenvalue weighted by Gasteiger charge is -2.35. The zero-order valence-electron chi connectivity index (χ0n) is 11.0. The van der Waals surface area contributed by atoms with Crippen molar-refractivity contribution in [2.24, 2.45) is 4.99 Å². The summed E-state index contributed by atoms with van der Waals surface area (Å²) in [5.41, 5.74) is 0.968. The topological polar surface area (TPSA) is 87.5 Å². The second-order valence-corrected chi connectivity index (χ2v) is 6.72. The molecule has 108 valence electrons. The number of fused-ring (bicyclic) bond motifs is 1. The number of aliphatic imine (C=N–C) groups is 1. The fourth-order valence-corrected chi connectivity index (χ4v) is 3.88. The Bertz CT molecular complexity index is 745. The Morgan fingerprint density at radius 3 is 3.10 bits per heavy atom. The van der Waals surface area contributed by atoms with Crippen molar-refractivity contribution in [3.63, 3.8) is 0 Å². The molecule has 0 aliphatic carbocycles. The number of nitrogens with one attached hydrogen (secondary N) is 1. The number of carboxylic acid groups (broad SMARTS) is 1. The van der Waals surface area contributed by atoms with Gasteiger partial charge in [0.1, 0.15) is 12.2 Å². The highest BCUT2D eigenvalue weighted by Crippen LogP contribution is 2.35. The standard InChI is InChI=1S/C13H11BrN4O2S/c1-13(10-2-7(14)5-21-10)3-9-8(4-15-6-16-9)11(18-13)17-12(19)20/h2,4-6H,3H2,1H3,(H,17,18)(H,19,20). The lowest BCUT2D eigenvalue weighted by Crippen LogP contribution is -2.49. The van der Waals surface area contributed by atoms with E-state index in [0.29, 0.717) is 12.0 Å². The number of halogens is 1. The number of rotatable bonds is 1. The maximum Gasteiger partial charge on any atom is 0.433 e. The van der Waals surface area contributed by atoms with Crippen LogP contribution in [0.2, 0.25) is 0 Å². The molecular weight excluding hydrogens is 356 g/mol. The molecule has 2 aromatic heterocycles. The molecule has 21 heavy (non-hydrogen) atoms. The van der Waals surface area contributed by atoms with Gasteiger partial charge >= 0.3 is 6.09 Å². The maximum absolute atomic E-state index is 11.0. The third kappa shape index (κ3) is 2.68. The molecule has 0 saturated carbocycles. The summed E-state index contributed by atoms with van der Waals surface area (Å²) in [6, 6.07) is 2.02. The summed E-state index contributed by atoms with van der Waals surface area (Å²) in [5, 5.41) is 14.2. The van der Waals surface area contributed by atoms with Crippen LogP contribution in [-0.4, -0.2) is 27.0 Å². The second-order valence-electron chi connectivity index (χ2n) is 4.89. The van der Waals surface area contributed by atoms with Gasteiger partial charge in [0.05, 0.1) is 16.8 Å². The number of aromatic nitrogens is 2. The summed E-state index contributed by atoms with van der Waals surface area (Å²) in [6.45, 7) is 2.01. The van der Waals surface area contributed by atoms with Crippen LogP contribution >= 0.6 is 27.3 Å². The van der Waals surface area contributed by atoms with Crippen LogP contribution in [0.25, 0.3) is 0 Å². The number of amides is 1. The summed E-state index contributed by atoms with van der Waals surface area (Å²) in [7, 11) is 0. The van der Waals surface area contributed by atoms with Crippen LogP contribution in [0, 0.1) is 0 Å². The number of thiophene rings is 1. The zero-order valence-corrected chi connectivity index (χ0v) is 13.4. The van der Waals surface area contributed by atoms with E-state index in [1.807, 2.05) is 18.4 Å². The Hall–Kier alpha value is -1.80. The summed E-state index contributed by atoms with van der Waals surface area (Å²) in [4.78, 5) is 23.9. The van der Waals surface area contributed by atoms with Gasteiger partial charge in [-0.05, 0) is 28.9 Å². The number of amidine groups is 1. The predicted octanol–water partition coefficient (Wildman–Crippen LogP) is 2.79. The Morgan fingerprint density at radius 1 is 1.62 bits per heavy atom. The van der Waals surface area contributed by atoms with Gasteiger partial charge in [-0.25, -0.2) is 14.8 Å². The first kappa shape index (κ1) is 14.2. The zero-order chi connectivity index (χ0) is 15.0. The monoisotopic (exact) mass is 366 g/mol.